The molecule has 0 spiro atoms. The number of nitrogens with one attached hydrogen (secondary N) is 1. The van der Waals surface area contributed by atoms with Gasteiger partial charge >= 0.3 is 0 Å². The zero-order valence-corrected chi connectivity index (χ0v) is 14.6. The number of benzene rings is 1. The number of rotatable bonds is 5. The summed E-state index contributed by atoms with van der Waals surface area (Å²) < 4.78 is 0.958. The first-order valence-electron chi connectivity index (χ1n) is 7.11. The van der Waals surface area contributed by atoms with Crippen LogP contribution in [0.5, 0.6) is 0 Å². The predicted octanol–water partition coefficient (Wildman–Crippen LogP) is 3.94. The van der Waals surface area contributed by atoms with Crippen LogP contribution in [-0.4, -0.2) is 22.4 Å². The van der Waals surface area contributed by atoms with Gasteiger partial charge < -0.3 is 5.32 Å². The van der Waals surface area contributed by atoms with Gasteiger partial charge in [0.1, 0.15) is 5.01 Å². The smallest absolute Gasteiger partial charge is 0.251 e. The Morgan fingerprint density at radius 1 is 1.13 bits per heavy atom. The SMILES string of the molecule is O=C(NCCc1csc(-c2ccncc2)n1)c1ccc(Br)cc1. The molecule has 3 rings (SSSR count). The molecule has 1 aromatic carbocycles. The zero-order chi connectivity index (χ0) is 16.1. The molecule has 3 aromatic rings. The van der Waals surface area contributed by atoms with E-state index in [0.717, 1.165) is 20.7 Å². The number of carbonyl (C=O) groups excluding carboxylic acids is 1. The lowest BCUT2D eigenvalue weighted by Gasteiger charge is -2.04. The van der Waals surface area contributed by atoms with Crippen molar-refractivity contribution in [3.63, 3.8) is 0 Å². The van der Waals surface area contributed by atoms with Gasteiger partial charge in [-0.1, -0.05) is 15.9 Å². The molecule has 0 atom stereocenters. The Balaban J connectivity index is 1.54. The van der Waals surface area contributed by atoms with Crippen LogP contribution in [0.3, 0.4) is 0 Å². The molecular formula is C17H14BrN3OS. The van der Waals surface area contributed by atoms with E-state index in [1.165, 1.54) is 0 Å². The van der Waals surface area contributed by atoms with E-state index in [0.29, 0.717) is 18.5 Å². The van der Waals surface area contributed by atoms with Gasteiger partial charge in [-0.25, -0.2) is 4.98 Å². The van der Waals surface area contributed by atoms with Crippen molar-refractivity contribution in [2.45, 2.75) is 6.42 Å². The maximum atomic E-state index is 12.0. The summed E-state index contributed by atoms with van der Waals surface area (Å²) in [5.41, 5.74) is 2.71. The van der Waals surface area contributed by atoms with Gasteiger partial charge in [-0.15, -0.1) is 11.3 Å². The minimum absolute atomic E-state index is 0.0675. The Hall–Kier alpha value is -2.05. The molecule has 1 amide bonds. The third-order valence-corrected chi connectivity index (χ3v) is 4.72. The fourth-order valence-corrected chi connectivity index (χ4v) is 3.18. The second-order valence-electron chi connectivity index (χ2n) is 4.89. The van der Waals surface area contributed by atoms with Crippen molar-refractivity contribution in [3.8, 4) is 10.6 Å². The van der Waals surface area contributed by atoms with E-state index in [1.807, 2.05) is 29.6 Å². The fraction of sp³-hybridized carbons (Fsp3) is 0.118. The number of hydrogen-bond donors (Lipinski definition) is 1. The molecule has 1 N–H and O–H groups in total. The molecule has 4 nitrogen and oxygen atoms in total. The largest absolute Gasteiger partial charge is 0.352 e. The highest BCUT2D eigenvalue weighted by molar-refractivity contribution is 9.10. The molecule has 0 radical (unpaired) electrons. The van der Waals surface area contributed by atoms with E-state index in [-0.39, 0.29) is 5.91 Å². The Labute approximate surface area is 146 Å². The Kier molecular flexibility index (Phi) is 5.15. The topological polar surface area (TPSA) is 54.9 Å². The molecular weight excluding hydrogens is 374 g/mol. The van der Waals surface area contributed by atoms with E-state index in [2.05, 4.69) is 31.2 Å². The Morgan fingerprint density at radius 3 is 2.61 bits per heavy atom. The van der Waals surface area contributed by atoms with Crippen molar-refractivity contribution >= 4 is 33.2 Å². The van der Waals surface area contributed by atoms with Gasteiger partial charge in [-0.3, -0.25) is 9.78 Å². The van der Waals surface area contributed by atoms with Crippen LogP contribution in [0, 0.1) is 0 Å². The van der Waals surface area contributed by atoms with Gasteiger partial charge in [0.05, 0.1) is 5.69 Å². The second kappa shape index (κ2) is 7.48. The van der Waals surface area contributed by atoms with Crippen LogP contribution >= 0.6 is 27.3 Å². The molecule has 0 aliphatic carbocycles. The van der Waals surface area contributed by atoms with Gasteiger partial charge in [0.2, 0.25) is 0 Å². The van der Waals surface area contributed by atoms with Gasteiger partial charge in [-0.05, 0) is 36.4 Å². The number of pyridine rings is 1. The van der Waals surface area contributed by atoms with Crippen molar-refractivity contribution in [3.05, 3.63) is 69.9 Å². The van der Waals surface area contributed by atoms with Crippen LogP contribution in [0.15, 0.2) is 58.6 Å². The van der Waals surface area contributed by atoms with E-state index in [1.54, 1.807) is 35.9 Å². The van der Waals surface area contributed by atoms with Gasteiger partial charge in [0.25, 0.3) is 5.91 Å². The summed E-state index contributed by atoms with van der Waals surface area (Å²) >= 11 is 4.96. The number of hydrogen-bond acceptors (Lipinski definition) is 4. The first-order valence-corrected chi connectivity index (χ1v) is 8.78. The third-order valence-electron chi connectivity index (χ3n) is 3.25. The lowest BCUT2D eigenvalue weighted by atomic mass is 10.2. The molecule has 0 fully saturated rings. The van der Waals surface area contributed by atoms with Crippen molar-refractivity contribution in [2.75, 3.05) is 6.54 Å². The van der Waals surface area contributed by atoms with E-state index in [9.17, 15) is 4.79 Å². The van der Waals surface area contributed by atoms with Crippen LogP contribution in [0.2, 0.25) is 0 Å². The van der Waals surface area contributed by atoms with Crippen molar-refractivity contribution in [1.82, 2.24) is 15.3 Å². The van der Waals surface area contributed by atoms with Crippen LogP contribution in [-0.2, 0) is 6.42 Å². The van der Waals surface area contributed by atoms with Gasteiger partial charge in [-0.2, -0.15) is 0 Å². The molecule has 2 heterocycles. The molecule has 0 aliphatic rings. The molecule has 0 aliphatic heterocycles. The average Bonchev–Trinajstić information content (AvgIpc) is 3.05. The standard InChI is InChI=1S/C17H14BrN3OS/c18-14-3-1-12(2-4-14)16(22)20-10-7-15-11-23-17(21-15)13-5-8-19-9-6-13/h1-6,8-9,11H,7,10H2,(H,20,22). The summed E-state index contributed by atoms with van der Waals surface area (Å²) in [4.78, 5) is 20.6. The van der Waals surface area contributed by atoms with Crippen molar-refractivity contribution < 1.29 is 4.79 Å². The Bertz CT molecular complexity index is 787. The van der Waals surface area contributed by atoms with Crippen LogP contribution < -0.4 is 5.32 Å². The highest BCUT2D eigenvalue weighted by Crippen LogP contribution is 2.22. The zero-order valence-electron chi connectivity index (χ0n) is 12.2. The first kappa shape index (κ1) is 15.8. The number of carbonyl (C=O) groups is 1. The summed E-state index contributed by atoms with van der Waals surface area (Å²) in [5, 5.41) is 5.92. The molecule has 0 saturated carbocycles. The number of thiazole rings is 1. The highest BCUT2D eigenvalue weighted by atomic mass is 79.9. The normalized spacial score (nSPS) is 10.5. The monoisotopic (exact) mass is 387 g/mol. The molecule has 0 saturated heterocycles. The van der Waals surface area contributed by atoms with Crippen molar-refractivity contribution in [2.24, 2.45) is 0 Å². The number of halogens is 1. The van der Waals surface area contributed by atoms with E-state index in [4.69, 9.17) is 0 Å². The molecule has 2 aromatic heterocycles. The van der Waals surface area contributed by atoms with E-state index >= 15 is 0 Å². The maximum Gasteiger partial charge on any atom is 0.251 e. The summed E-state index contributed by atoms with van der Waals surface area (Å²) in [7, 11) is 0. The summed E-state index contributed by atoms with van der Waals surface area (Å²) in [5.74, 6) is -0.0675. The van der Waals surface area contributed by atoms with E-state index < -0.39 is 0 Å². The molecule has 0 bridgehead atoms. The lowest BCUT2D eigenvalue weighted by molar-refractivity contribution is 0.0954. The molecule has 116 valence electrons. The minimum atomic E-state index is -0.0675. The maximum absolute atomic E-state index is 12.0. The Morgan fingerprint density at radius 2 is 1.87 bits per heavy atom. The average molecular weight is 388 g/mol. The molecule has 23 heavy (non-hydrogen) atoms. The molecule has 6 heteroatoms. The first-order chi connectivity index (χ1) is 11.2. The van der Waals surface area contributed by atoms with Crippen LogP contribution in [0.4, 0.5) is 0 Å². The summed E-state index contributed by atoms with van der Waals surface area (Å²) in [6.45, 7) is 0.564. The fourth-order valence-electron chi connectivity index (χ4n) is 2.06. The summed E-state index contributed by atoms with van der Waals surface area (Å²) in [6, 6.07) is 11.2. The van der Waals surface area contributed by atoms with Crippen LogP contribution in [0.1, 0.15) is 16.1 Å². The predicted molar refractivity (Wildman–Crippen MR) is 95.5 cm³/mol. The van der Waals surface area contributed by atoms with Gasteiger partial charge in [0.15, 0.2) is 0 Å². The van der Waals surface area contributed by atoms with Crippen molar-refractivity contribution in [1.29, 1.82) is 0 Å². The third kappa shape index (κ3) is 4.24. The molecule has 0 unspecified atom stereocenters. The minimum Gasteiger partial charge on any atom is -0.352 e. The highest BCUT2D eigenvalue weighted by Gasteiger charge is 2.07. The van der Waals surface area contributed by atoms with Crippen LogP contribution in [0.25, 0.3) is 10.6 Å². The quantitative estimate of drug-likeness (QED) is 0.721. The number of amides is 1. The second-order valence-corrected chi connectivity index (χ2v) is 6.67. The van der Waals surface area contributed by atoms with Gasteiger partial charge in [0, 0.05) is 46.3 Å². The summed E-state index contributed by atoms with van der Waals surface area (Å²) in [6.07, 6.45) is 4.23. The lowest BCUT2D eigenvalue weighted by Crippen LogP contribution is -2.25. The number of aromatic nitrogens is 2. The number of nitrogens with zero attached hydrogens (tertiary/aromatic N) is 2.